The first-order chi connectivity index (χ1) is 12.8. The molecule has 0 saturated carbocycles. The van der Waals surface area contributed by atoms with Gasteiger partial charge >= 0.3 is 18.1 Å². The minimum atomic E-state index is -5.08. The van der Waals surface area contributed by atoms with E-state index in [1.807, 2.05) is 32.9 Å². The van der Waals surface area contributed by atoms with Gasteiger partial charge in [-0.3, -0.25) is 9.69 Å². The summed E-state index contributed by atoms with van der Waals surface area (Å²) in [5.41, 5.74) is 0.535. The molecular weight excluding hydrogens is 383 g/mol. The largest absolute Gasteiger partial charge is 0.507 e. The van der Waals surface area contributed by atoms with Crippen LogP contribution in [-0.4, -0.2) is 58.0 Å². The molecule has 1 unspecified atom stereocenters. The molecule has 3 N–H and O–H groups in total. The fourth-order valence-electron chi connectivity index (χ4n) is 2.96. The van der Waals surface area contributed by atoms with Gasteiger partial charge in [-0.1, -0.05) is 19.9 Å². The molecule has 1 fully saturated rings. The lowest BCUT2D eigenvalue weighted by Crippen LogP contribution is -2.28. The van der Waals surface area contributed by atoms with Gasteiger partial charge in [0.1, 0.15) is 11.5 Å². The summed E-state index contributed by atoms with van der Waals surface area (Å²) in [5.74, 6) is -3.05. The Morgan fingerprint density at radius 1 is 1.29 bits per heavy atom. The first kappa shape index (κ1) is 23.5. The first-order valence-electron chi connectivity index (χ1n) is 8.48. The molecule has 0 amide bonds. The smallest absolute Gasteiger partial charge is 0.490 e. The monoisotopic (exact) mass is 407 g/mol. The van der Waals surface area contributed by atoms with E-state index in [0.29, 0.717) is 32.0 Å². The van der Waals surface area contributed by atoms with Gasteiger partial charge in [0.15, 0.2) is 0 Å². The third-order valence-electron chi connectivity index (χ3n) is 4.32. The predicted molar refractivity (Wildman–Crippen MR) is 93.2 cm³/mol. The lowest BCUT2D eigenvalue weighted by Gasteiger charge is -2.22. The minimum absolute atomic E-state index is 0.192. The maximum Gasteiger partial charge on any atom is 0.490 e. The third-order valence-corrected chi connectivity index (χ3v) is 4.32. The molecule has 10 heteroatoms. The number of carbonyl (C=O) groups is 2. The van der Waals surface area contributed by atoms with Crippen LogP contribution < -0.4 is 4.74 Å². The van der Waals surface area contributed by atoms with Crippen LogP contribution in [0.5, 0.6) is 11.5 Å². The van der Waals surface area contributed by atoms with Crippen LogP contribution in [0.4, 0.5) is 13.2 Å². The zero-order valence-corrected chi connectivity index (χ0v) is 15.8. The van der Waals surface area contributed by atoms with Crippen LogP contribution in [0.15, 0.2) is 18.2 Å². The van der Waals surface area contributed by atoms with Crippen LogP contribution in [0.25, 0.3) is 0 Å². The summed E-state index contributed by atoms with van der Waals surface area (Å²) in [4.78, 5) is 22.3. The van der Waals surface area contributed by atoms with E-state index >= 15 is 0 Å². The molecule has 1 aliphatic rings. The van der Waals surface area contributed by atoms with Crippen molar-refractivity contribution in [2.75, 3.05) is 19.7 Å². The van der Waals surface area contributed by atoms with E-state index in [-0.39, 0.29) is 17.1 Å². The second-order valence-electron chi connectivity index (χ2n) is 7.08. The highest BCUT2D eigenvalue weighted by molar-refractivity contribution is 5.73. The summed E-state index contributed by atoms with van der Waals surface area (Å²) >= 11 is 0. The average molecular weight is 407 g/mol. The minimum Gasteiger partial charge on any atom is -0.507 e. The first-order valence-corrected chi connectivity index (χ1v) is 8.48. The van der Waals surface area contributed by atoms with Gasteiger partial charge in [-0.2, -0.15) is 13.2 Å². The van der Waals surface area contributed by atoms with Gasteiger partial charge in [-0.05, 0) is 18.4 Å². The van der Waals surface area contributed by atoms with Crippen molar-refractivity contribution in [3.8, 4) is 11.5 Å². The summed E-state index contributed by atoms with van der Waals surface area (Å²) in [6, 6.07) is 5.27. The van der Waals surface area contributed by atoms with Crippen molar-refractivity contribution in [2.45, 2.75) is 33.5 Å². The molecule has 1 aliphatic heterocycles. The van der Waals surface area contributed by atoms with Gasteiger partial charge in [0.05, 0.1) is 12.5 Å². The highest BCUT2D eigenvalue weighted by Crippen LogP contribution is 2.37. The molecule has 158 valence electrons. The Hall–Kier alpha value is -2.49. The summed E-state index contributed by atoms with van der Waals surface area (Å²) in [5, 5.41) is 26.5. The number of phenolic OH excluding ortho intramolecular Hbond substituents is 1. The molecular formula is C18H24F3NO6. The number of phenols is 1. The molecule has 0 spiro atoms. The van der Waals surface area contributed by atoms with Gasteiger partial charge in [0, 0.05) is 31.3 Å². The maximum absolute atomic E-state index is 11.3. The number of carboxylic acids is 2. The number of aliphatic carboxylic acids is 2. The van der Waals surface area contributed by atoms with Crippen LogP contribution in [-0.2, 0) is 16.1 Å². The van der Waals surface area contributed by atoms with Crippen molar-refractivity contribution < 1.29 is 42.8 Å². The molecule has 1 atom stereocenters. The maximum atomic E-state index is 11.3. The quantitative estimate of drug-likeness (QED) is 0.689. The number of aromatic hydroxyl groups is 1. The molecule has 0 bridgehead atoms. The van der Waals surface area contributed by atoms with Gasteiger partial charge in [0.25, 0.3) is 0 Å². The van der Waals surface area contributed by atoms with Crippen LogP contribution in [0.1, 0.15) is 26.3 Å². The normalized spacial score (nSPS) is 18.9. The highest BCUT2D eigenvalue weighted by atomic mass is 19.4. The number of rotatable bonds is 5. The number of halogens is 3. The van der Waals surface area contributed by atoms with E-state index in [1.54, 1.807) is 6.07 Å². The van der Waals surface area contributed by atoms with Crippen molar-refractivity contribution in [1.82, 2.24) is 4.90 Å². The molecule has 1 heterocycles. The molecule has 1 aromatic carbocycles. The Labute approximate surface area is 160 Å². The zero-order valence-electron chi connectivity index (χ0n) is 15.8. The number of nitrogens with zero attached hydrogens (tertiary/aromatic N) is 1. The second kappa shape index (κ2) is 9.13. The van der Waals surface area contributed by atoms with Crippen molar-refractivity contribution in [1.29, 1.82) is 0 Å². The van der Waals surface area contributed by atoms with Crippen LogP contribution in [0, 0.1) is 11.3 Å². The molecule has 0 aromatic heterocycles. The fraction of sp³-hybridized carbons (Fsp3) is 0.556. The third kappa shape index (κ3) is 6.59. The van der Waals surface area contributed by atoms with Gasteiger partial charge in [0.2, 0.25) is 0 Å². The zero-order chi connectivity index (χ0) is 21.7. The molecule has 0 radical (unpaired) electrons. The number of hydrogen-bond donors (Lipinski definition) is 3. The predicted octanol–water partition coefficient (Wildman–Crippen LogP) is 2.97. The fourth-order valence-corrected chi connectivity index (χ4v) is 2.96. The molecule has 28 heavy (non-hydrogen) atoms. The van der Waals surface area contributed by atoms with Gasteiger partial charge in [-0.15, -0.1) is 0 Å². The van der Waals surface area contributed by atoms with Crippen molar-refractivity contribution in [2.24, 2.45) is 11.3 Å². The standard InChI is InChI=1S/C16H23NO4.C2HF3O2/c1-4-21-12-6-5-11(14(18)7-12)8-17-9-13(15(19)20)16(2,3)10-17;3-2(4,5)1(6)7/h5-7,13,18H,4,8-10H2,1-3H3,(H,19,20);(H,6,7). The lowest BCUT2D eigenvalue weighted by atomic mass is 9.82. The molecule has 0 aliphatic carbocycles. The van der Waals surface area contributed by atoms with Crippen LogP contribution in [0.2, 0.25) is 0 Å². The topological polar surface area (TPSA) is 107 Å². The van der Waals surface area contributed by atoms with Crippen molar-refractivity contribution in [3.05, 3.63) is 23.8 Å². The van der Waals surface area contributed by atoms with Crippen molar-refractivity contribution in [3.63, 3.8) is 0 Å². The van der Waals surface area contributed by atoms with Gasteiger partial charge < -0.3 is 20.1 Å². The van der Waals surface area contributed by atoms with Crippen LogP contribution >= 0.6 is 0 Å². The number of benzene rings is 1. The van der Waals surface area contributed by atoms with Crippen LogP contribution in [0.3, 0.4) is 0 Å². The van der Waals surface area contributed by atoms with E-state index in [9.17, 15) is 28.2 Å². The number of likely N-dealkylation sites (tertiary alicyclic amines) is 1. The summed E-state index contributed by atoms with van der Waals surface area (Å²) < 4.78 is 37.1. The molecule has 1 aromatic rings. The lowest BCUT2D eigenvalue weighted by molar-refractivity contribution is -0.192. The Kier molecular flexibility index (Phi) is 7.68. The summed E-state index contributed by atoms with van der Waals surface area (Å²) in [6.45, 7) is 8.16. The Morgan fingerprint density at radius 2 is 1.86 bits per heavy atom. The number of hydrogen-bond acceptors (Lipinski definition) is 5. The van der Waals surface area contributed by atoms with E-state index in [2.05, 4.69) is 4.90 Å². The summed E-state index contributed by atoms with van der Waals surface area (Å²) in [6.07, 6.45) is -5.08. The van der Waals surface area contributed by atoms with Gasteiger partial charge in [-0.25, -0.2) is 4.79 Å². The molecule has 1 saturated heterocycles. The molecule has 2 rings (SSSR count). The number of carboxylic acid groups (broad SMARTS) is 2. The highest BCUT2D eigenvalue weighted by Gasteiger charge is 2.43. The van der Waals surface area contributed by atoms with E-state index in [1.165, 1.54) is 0 Å². The Balaban J connectivity index is 0.000000480. The van der Waals surface area contributed by atoms with E-state index in [4.69, 9.17) is 14.6 Å². The number of alkyl halides is 3. The average Bonchev–Trinajstić information content (AvgIpc) is 2.84. The number of ether oxygens (including phenoxy) is 1. The van der Waals surface area contributed by atoms with E-state index in [0.717, 1.165) is 5.56 Å². The SMILES string of the molecule is CCOc1ccc(CN2CC(C(=O)O)C(C)(C)C2)c(O)c1.O=C(O)C(F)(F)F. The molecule has 7 nitrogen and oxygen atoms in total. The second-order valence-corrected chi connectivity index (χ2v) is 7.08. The van der Waals surface area contributed by atoms with E-state index < -0.39 is 18.1 Å². The van der Waals surface area contributed by atoms with Crippen molar-refractivity contribution >= 4 is 11.9 Å². The Bertz CT molecular complexity index is 705. The summed E-state index contributed by atoms with van der Waals surface area (Å²) in [7, 11) is 0. The Morgan fingerprint density at radius 3 is 2.25 bits per heavy atom.